The van der Waals surface area contributed by atoms with E-state index in [0.29, 0.717) is 19.6 Å². The topological polar surface area (TPSA) is 58.3 Å². The number of nitrogens with one attached hydrogen (secondary N) is 3. The summed E-state index contributed by atoms with van der Waals surface area (Å²) in [5, 5.41) is 2.87. The molecular formula is C23H31FN4O2+2. The molecule has 0 spiro atoms. The van der Waals surface area contributed by atoms with Crippen molar-refractivity contribution in [2.24, 2.45) is 0 Å². The molecule has 2 aromatic rings. The van der Waals surface area contributed by atoms with Gasteiger partial charge >= 0.3 is 0 Å². The van der Waals surface area contributed by atoms with Crippen molar-refractivity contribution in [3.8, 4) is 0 Å². The number of halogens is 1. The zero-order chi connectivity index (χ0) is 21.5. The lowest BCUT2D eigenvalue weighted by Gasteiger charge is -2.32. The molecule has 0 aromatic heterocycles. The Balaban J connectivity index is 1.40. The molecule has 1 aliphatic heterocycles. The molecule has 3 rings (SSSR count). The largest absolute Gasteiger partial charge is 0.328 e. The highest BCUT2D eigenvalue weighted by Gasteiger charge is 2.26. The molecule has 1 saturated heterocycles. The van der Waals surface area contributed by atoms with E-state index in [1.165, 1.54) is 11.0 Å². The summed E-state index contributed by atoms with van der Waals surface area (Å²) in [5.74, 6) is -0.221. The molecular weight excluding hydrogens is 383 g/mol. The van der Waals surface area contributed by atoms with Gasteiger partial charge in [0.15, 0.2) is 13.1 Å². The standard InChI is InChI=1S/C23H29FN4O2/c1-18-7-9-20(10-8-18)25-22(29)16-26(2)17-23(30)28-13-11-27(12-14-28)15-19-5-3-4-6-21(19)24/h3-10H,11-17H2,1-2H3,(H,25,29)/p+2. The van der Waals surface area contributed by atoms with Gasteiger partial charge < -0.3 is 20.0 Å². The lowest BCUT2D eigenvalue weighted by Crippen LogP contribution is -3.14. The van der Waals surface area contributed by atoms with E-state index in [4.69, 9.17) is 0 Å². The highest BCUT2D eigenvalue weighted by atomic mass is 19.1. The van der Waals surface area contributed by atoms with Crippen LogP contribution in [0, 0.1) is 12.7 Å². The van der Waals surface area contributed by atoms with Crippen LogP contribution in [0.4, 0.5) is 10.1 Å². The smallest absolute Gasteiger partial charge is 0.279 e. The molecule has 30 heavy (non-hydrogen) atoms. The number of hydrogen-bond donors (Lipinski definition) is 3. The Kier molecular flexibility index (Phi) is 7.54. The molecule has 1 atom stereocenters. The number of anilines is 1. The first-order valence-corrected chi connectivity index (χ1v) is 10.4. The zero-order valence-corrected chi connectivity index (χ0v) is 17.7. The van der Waals surface area contributed by atoms with Crippen molar-refractivity contribution in [1.29, 1.82) is 0 Å². The quantitative estimate of drug-likeness (QED) is 0.573. The minimum atomic E-state index is -0.169. The van der Waals surface area contributed by atoms with Crippen LogP contribution in [0.5, 0.6) is 0 Å². The molecule has 1 unspecified atom stereocenters. The van der Waals surface area contributed by atoms with Crippen LogP contribution in [-0.4, -0.2) is 63.0 Å². The maximum absolute atomic E-state index is 13.8. The minimum absolute atomic E-state index is 0.0561. The summed E-state index contributed by atoms with van der Waals surface area (Å²) < 4.78 is 13.8. The van der Waals surface area contributed by atoms with E-state index in [1.807, 2.05) is 55.3 Å². The van der Waals surface area contributed by atoms with Gasteiger partial charge in [-0.15, -0.1) is 0 Å². The Morgan fingerprint density at radius 3 is 2.40 bits per heavy atom. The van der Waals surface area contributed by atoms with Gasteiger partial charge in [-0.05, 0) is 25.1 Å². The third kappa shape index (κ3) is 6.37. The third-order valence-electron chi connectivity index (χ3n) is 5.47. The predicted octanol–water partition coefficient (Wildman–Crippen LogP) is -0.485. The second kappa shape index (κ2) is 10.3. The summed E-state index contributed by atoms with van der Waals surface area (Å²) in [5.41, 5.74) is 2.62. The van der Waals surface area contributed by atoms with Gasteiger partial charge in [-0.3, -0.25) is 9.59 Å². The molecule has 1 aliphatic rings. The number of nitrogens with zero attached hydrogens (tertiary/aromatic N) is 1. The Morgan fingerprint density at radius 2 is 1.73 bits per heavy atom. The number of carbonyl (C=O) groups is 2. The van der Waals surface area contributed by atoms with Crippen LogP contribution >= 0.6 is 0 Å². The minimum Gasteiger partial charge on any atom is -0.328 e. The fraction of sp³-hybridized carbons (Fsp3) is 0.391. The Morgan fingerprint density at radius 1 is 1.07 bits per heavy atom. The van der Waals surface area contributed by atoms with Crippen molar-refractivity contribution < 1.29 is 23.8 Å². The van der Waals surface area contributed by atoms with Crippen LogP contribution < -0.4 is 15.1 Å². The van der Waals surface area contributed by atoms with Gasteiger partial charge in [0, 0.05) is 11.3 Å². The fourth-order valence-corrected chi connectivity index (χ4v) is 3.71. The van der Waals surface area contributed by atoms with Crippen LogP contribution in [0.2, 0.25) is 0 Å². The molecule has 160 valence electrons. The predicted molar refractivity (Wildman–Crippen MR) is 114 cm³/mol. The zero-order valence-electron chi connectivity index (χ0n) is 17.7. The highest BCUT2D eigenvalue weighted by molar-refractivity contribution is 5.91. The fourth-order valence-electron chi connectivity index (χ4n) is 3.71. The third-order valence-corrected chi connectivity index (χ3v) is 5.47. The maximum Gasteiger partial charge on any atom is 0.279 e. The lowest BCUT2D eigenvalue weighted by molar-refractivity contribution is -0.918. The van der Waals surface area contributed by atoms with E-state index in [1.54, 1.807) is 6.07 Å². The summed E-state index contributed by atoms with van der Waals surface area (Å²) in [4.78, 5) is 28.8. The first kappa shape index (κ1) is 21.9. The molecule has 0 aliphatic carbocycles. The normalized spacial score (nSPS) is 15.6. The van der Waals surface area contributed by atoms with Crippen LogP contribution in [0.25, 0.3) is 0 Å². The maximum atomic E-state index is 13.8. The molecule has 1 fully saturated rings. The van der Waals surface area contributed by atoms with Gasteiger partial charge in [-0.1, -0.05) is 35.9 Å². The average molecular weight is 415 g/mol. The van der Waals surface area contributed by atoms with E-state index in [2.05, 4.69) is 5.32 Å². The molecule has 0 saturated carbocycles. The van der Waals surface area contributed by atoms with E-state index in [0.717, 1.165) is 34.8 Å². The van der Waals surface area contributed by atoms with E-state index in [-0.39, 0.29) is 30.7 Å². The van der Waals surface area contributed by atoms with Crippen molar-refractivity contribution in [3.05, 3.63) is 65.5 Å². The van der Waals surface area contributed by atoms with Crippen LogP contribution in [0.1, 0.15) is 11.1 Å². The number of benzene rings is 2. The van der Waals surface area contributed by atoms with Gasteiger partial charge in [0.2, 0.25) is 0 Å². The van der Waals surface area contributed by atoms with E-state index >= 15 is 0 Å². The summed E-state index contributed by atoms with van der Waals surface area (Å²) in [6.45, 7) is 6.06. The van der Waals surface area contributed by atoms with Crippen molar-refractivity contribution >= 4 is 17.5 Å². The van der Waals surface area contributed by atoms with Crippen molar-refractivity contribution in [3.63, 3.8) is 0 Å². The summed E-state index contributed by atoms with van der Waals surface area (Å²) in [6, 6.07) is 14.5. The number of piperazine rings is 1. The van der Waals surface area contributed by atoms with Gasteiger partial charge in [-0.2, -0.15) is 0 Å². The second-order valence-corrected chi connectivity index (χ2v) is 8.12. The first-order chi connectivity index (χ1) is 14.4. The lowest BCUT2D eigenvalue weighted by atomic mass is 10.2. The summed E-state index contributed by atoms with van der Waals surface area (Å²) >= 11 is 0. The van der Waals surface area contributed by atoms with E-state index < -0.39 is 0 Å². The number of quaternary nitrogens is 2. The summed E-state index contributed by atoms with van der Waals surface area (Å²) in [6.07, 6.45) is 0. The highest BCUT2D eigenvalue weighted by Crippen LogP contribution is 2.08. The number of aryl methyl sites for hydroxylation is 1. The Bertz CT molecular complexity index is 864. The SMILES string of the molecule is Cc1ccc(NC(=O)C[NH+](C)CC(=O)N2CC[NH+](Cc3ccccc3F)CC2)cc1. The molecule has 6 nitrogen and oxygen atoms in total. The van der Waals surface area contributed by atoms with Gasteiger partial charge in [-0.25, -0.2) is 4.39 Å². The van der Waals surface area contributed by atoms with Crippen LogP contribution in [0.15, 0.2) is 48.5 Å². The summed E-state index contributed by atoms with van der Waals surface area (Å²) in [7, 11) is 1.85. The van der Waals surface area contributed by atoms with Gasteiger partial charge in [0.05, 0.1) is 33.2 Å². The molecule has 0 radical (unpaired) electrons. The second-order valence-electron chi connectivity index (χ2n) is 8.12. The molecule has 2 aromatic carbocycles. The number of likely N-dealkylation sites (N-methyl/N-ethyl adjacent to an activating group) is 1. The van der Waals surface area contributed by atoms with Gasteiger partial charge in [0.1, 0.15) is 12.4 Å². The van der Waals surface area contributed by atoms with Gasteiger partial charge in [0.25, 0.3) is 11.8 Å². The molecule has 3 N–H and O–H groups in total. The van der Waals surface area contributed by atoms with Crippen molar-refractivity contribution in [1.82, 2.24) is 4.90 Å². The monoisotopic (exact) mass is 414 g/mol. The first-order valence-electron chi connectivity index (χ1n) is 10.4. The molecule has 1 heterocycles. The van der Waals surface area contributed by atoms with E-state index in [9.17, 15) is 14.0 Å². The molecule has 7 heteroatoms. The molecule has 2 amide bonds. The molecule has 0 bridgehead atoms. The van der Waals surface area contributed by atoms with Crippen molar-refractivity contribution in [2.75, 3.05) is 51.6 Å². The number of amides is 2. The van der Waals surface area contributed by atoms with Crippen LogP contribution in [-0.2, 0) is 16.1 Å². The van der Waals surface area contributed by atoms with Crippen molar-refractivity contribution in [2.45, 2.75) is 13.5 Å². The number of carbonyl (C=O) groups excluding carboxylic acids is 2. The Hall–Kier alpha value is -2.77. The van der Waals surface area contributed by atoms with Crippen LogP contribution in [0.3, 0.4) is 0 Å². The number of hydrogen-bond acceptors (Lipinski definition) is 2. The number of rotatable bonds is 7. The average Bonchev–Trinajstić information content (AvgIpc) is 2.72. The Labute approximate surface area is 177 Å².